The lowest BCUT2D eigenvalue weighted by molar-refractivity contribution is 0.102. The predicted molar refractivity (Wildman–Crippen MR) is 82.6 cm³/mol. The van der Waals surface area contributed by atoms with E-state index in [0.29, 0.717) is 11.5 Å². The predicted octanol–water partition coefficient (Wildman–Crippen LogP) is 4.82. The van der Waals surface area contributed by atoms with Crippen molar-refractivity contribution in [1.82, 2.24) is 0 Å². The molecule has 1 N–H and O–H groups in total. The number of carbonyl (C=O) groups excluding carboxylic acids is 1. The Morgan fingerprint density at radius 1 is 1.00 bits per heavy atom. The minimum absolute atomic E-state index is 0.0928. The zero-order valence-electron chi connectivity index (χ0n) is 11.0. The van der Waals surface area contributed by atoms with Gasteiger partial charge in [0.1, 0.15) is 0 Å². The molecule has 0 radical (unpaired) electrons. The Labute approximate surface area is 122 Å². The molecule has 0 unspecified atom stereocenters. The van der Waals surface area contributed by atoms with E-state index in [2.05, 4.69) is 35.1 Å². The topological polar surface area (TPSA) is 29.1 Å². The van der Waals surface area contributed by atoms with Crippen molar-refractivity contribution in [1.29, 1.82) is 0 Å². The highest BCUT2D eigenvalue weighted by atomic mass is 79.9. The molecule has 0 bridgehead atoms. The van der Waals surface area contributed by atoms with Crippen molar-refractivity contribution >= 4 is 27.5 Å². The van der Waals surface area contributed by atoms with Crippen LogP contribution in [0.1, 0.15) is 35.7 Å². The van der Waals surface area contributed by atoms with Crippen molar-refractivity contribution < 1.29 is 4.79 Å². The first-order valence-corrected chi connectivity index (χ1v) is 7.02. The second-order valence-electron chi connectivity index (χ2n) is 4.74. The molecular weight excluding hydrogens is 302 g/mol. The van der Waals surface area contributed by atoms with Crippen molar-refractivity contribution in [2.75, 3.05) is 5.32 Å². The fourth-order valence-corrected chi connectivity index (χ4v) is 2.02. The first-order valence-electron chi connectivity index (χ1n) is 6.23. The summed E-state index contributed by atoms with van der Waals surface area (Å²) in [6, 6.07) is 15.3. The fraction of sp³-hybridized carbons (Fsp3) is 0.188. The van der Waals surface area contributed by atoms with Crippen LogP contribution in [0.5, 0.6) is 0 Å². The van der Waals surface area contributed by atoms with Crippen LogP contribution in [-0.4, -0.2) is 5.91 Å². The quantitative estimate of drug-likeness (QED) is 0.863. The van der Waals surface area contributed by atoms with Crippen LogP contribution in [0, 0.1) is 0 Å². The van der Waals surface area contributed by atoms with Crippen LogP contribution in [0.15, 0.2) is 53.0 Å². The zero-order valence-corrected chi connectivity index (χ0v) is 12.6. The highest BCUT2D eigenvalue weighted by molar-refractivity contribution is 9.10. The maximum absolute atomic E-state index is 12.0. The van der Waals surface area contributed by atoms with Gasteiger partial charge in [0.25, 0.3) is 5.91 Å². The van der Waals surface area contributed by atoms with E-state index >= 15 is 0 Å². The lowest BCUT2D eigenvalue weighted by Gasteiger charge is -2.08. The summed E-state index contributed by atoms with van der Waals surface area (Å²) in [6.45, 7) is 4.30. The molecule has 3 heteroatoms. The average molecular weight is 318 g/mol. The molecule has 2 nitrogen and oxygen atoms in total. The third kappa shape index (κ3) is 3.67. The van der Waals surface area contributed by atoms with Crippen molar-refractivity contribution in [3.8, 4) is 0 Å². The van der Waals surface area contributed by atoms with E-state index in [1.165, 1.54) is 5.56 Å². The number of carbonyl (C=O) groups is 1. The van der Waals surface area contributed by atoms with Crippen LogP contribution in [0.2, 0.25) is 0 Å². The van der Waals surface area contributed by atoms with Gasteiger partial charge in [-0.25, -0.2) is 0 Å². The minimum atomic E-state index is -0.0928. The van der Waals surface area contributed by atoms with E-state index in [1.807, 2.05) is 36.4 Å². The first-order chi connectivity index (χ1) is 9.06. The Morgan fingerprint density at radius 2 is 1.58 bits per heavy atom. The Balaban J connectivity index is 2.08. The maximum Gasteiger partial charge on any atom is 0.255 e. The summed E-state index contributed by atoms with van der Waals surface area (Å²) in [6.07, 6.45) is 0. The molecule has 1 amide bonds. The van der Waals surface area contributed by atoms with Gasteiger partial charge in [0.15, 0.2) is 0 Å². The number of anilines is 1. The summed E-state index contributed by atoms with van der Waals surface area (Å²) >= 11 is 3.35. The molecule has 0 atom stereocenters. The second-order valence-corrected chi connectivity index (χ2v) is 5.65. The van der Waals surface area contributed by atoms with Crippen LogP contribution < -0.4 is 5.32 Å². The zero-order chi connectivity index (χ0) is 13.8. The highest BCUT2D eigenvalue weighted by Gasteiger charge is 2.06. The van der Waals surface area contributed by atoms with Crippen LogP contribution >= 0.6 is 15.9 Å². The number of amides is 1. The summed E-state index contributed by atoms with van der Waals surface area (Å²) in [4.78, 5) is 12.0. The largest absolute Gasteiger partial charge is 0.322 e. The third-order valence-electron chi connectivity index (χ3n) is 2.94. The third-order valence-corrected chi connectivity index (χ3v) is 3.47. The summed E-state index contributed by atoms with van der Waals surface area (Å²) < 4.78 is 0.963. The first kappa shape index (κ1) is 13.8. The van der Waals surface area contributed by atoms with Gasteiger partial charge in [0.2, 0.25) is 0 Å². The Hall–Kier alpha value is -1.61. The molecule has 0 heterocycles. The summed E-state index contributed by atoms with van der Waals surface area (Å²) in [5, 5.41) is 2.89. The van der Waals surface area contributed by atoms with Crippen molar-refractivity contribution in [2.24, 2.45) is 0 Å². The lowest BCUT2D eigenvalue weighted by atomic mass is 10.0. The Bertz CT molecular complexity index is 558. The molecular formula is C16H16BrNO. The fourth-order valence-electron chi connectivity index (χ4n) is 1.76. The van der Waals surface area contributed by atoms with Crippen LogP contribution in [-0.2, 0) is 0 Å². The van der Waals surface area contributed by atoms with Gasteiger partial charge in [-0.15, -0.1) is 0 Å². The van der Waals surface area contributed by atoms with E-state index in [9.17, 15) is 4.79 Å². The van der Waals surface area contributed by atoms with Gasteiger partial charge >= 0.3 is 0 Å². The van der Waals surface area contributed by atoms with E-state index in [0.717, 1.165) is 10.2 Å². The van der Waals surface area contributed by atoms with E-state index in [-0.39, 0.29) is 5.91 Å². The molecule has 2 rings (SSSR count). The van der Waals surface area contributed by atoms with Crippen molar-refractivity contribution in [3.63, 3.8) is 0 Å². The van der Waals surface area contributed by atoms with Gasteiger partial charge in [-0.2, -0.15) is 0 Å². The minimum Gasteiger partial charge on any atom is -0.322 e. The number of hydrogen-bond acceptors (Lipinski definition) is 1. The molecule has 0 aromatic heterocycles. The van der Waals surface area contributed by atoms with Crippen LogP contribution in [0.3, 0.4) is 0 Å². The van der Waals surface area contributed by atoms with Gasteiger partial charge in [0, 0.05) is 15.7 Å². The number of hydrogen-bond donors (Lipinski definition) is 1. The van der Waals surface area contributed by atoms with Gasteiger partial charge in [-0.3, -0.25) is 4.79 Å². The van der Waals surface area contributed by atoms with E-state index < -0.39 is 0 Å². The summed E-state index contributed by atoms with van der Waals surface area (Å²) in [5.41, 5.74) is 2.73. The smallest absolute Gasteiger partial charge is 0.255 e. The summed E-state index contributed by atoms with van der Waals surface area (Å²) in [7, 11) is 0. The van der Waals surface area contributed by atoms with Gasteiger partial charge in [-0.1, -0.05) is 41.9 Å². The van der Waals surface area contributed by atoms with Crippen molar-refractivity contribution in [2.45, 2.75) is 19.8 Å². The van der Waals surface area contributed by atoms with Crippen molar-refractivity contribution in [3.05, 3.63) is 64.1 Å². The van der Waals surface area contributed by atoms with Gasteiger partial charge in [0.05, 0.1) is 0 Å². The molecule has 0 aliphatic rings. The van der Waals surface area contributed by atoms with Crippen LogP contribution in [0.25, 0.3) is 0 Å². The van der Waals surface area contributed by atoms with Gasteiger partial charge in [-0.05, 0) is 47.9 Å². The second kappa shape index (κ2) is 6.02. The van der Waals surface area contributed by atoms with E-state index in [4.69, 9.17) is 0 Å². The molecule has 19 heavy (non-hydrogen) atoms. The molecule has 98 valence electrons. The Kier molecular flexibility index (Phi) is 4.38. The number of benzene rings is 2. The van der Waals surface area contributed by atoms with Gasteiger partial charge < -0.3 is 5.32 Å². The highest BCUT2D eigenvalue weighted by Crippen LogP contribution is 2.18. The molecule has 0 fully saturated rings. The number of nitrogens with one attached hydrogen (secondary N) is 1. The number of halogens is 1. The van der Waals surface area contributed by atoms with Crippen LogP contribution in [0.4, 0.5) is 5.69 Å². The Morgan fingerprint density at radius 3 is 2.11 bits per heavy atom. The molecule has 0 aliphatic carbocycles. The lowest BCUT2D eigenvalue weighted by Crippen LogP contribution is -2.11. The summed E-state index contributed by atoms with van der Waals surface area (Å²) in [5.74, 6) is 0.404. The molecule has 2 aromatic carbocycles. The molecule has 0 spiro atoms. The van der Waals surface area contributed by atoms with E-state index in [1.54, 1.807) is 12.1 Å². The maximum atomic E-state index is 12.0. The molecule has 2 aromatic rings. The average Bonchev–Trinajstić information content (AvgIpc) is 2.40. The molecule has 0 aliphatic heterocycles. The SMILES string of the molecule is CC(C)c1ccc(NC(=O)c2ccc(Br)cc2)cc1. The standard InChI is InChI=1S/C16H16BrNO/c1-11(2)12-5-9-15(10-6-12)18-16(19)13-3-7-14(17)8-4-13/h3-11H,1-2H3,(H,18,19). The molecule has 0 saturated carbocycles. The normalized spacial score (nSPS) is 10.5. The monoisotopic (exact) mass is 317 g/mol. The molecule has 0 saturated heterocycles. The number of rotatable bonds is 3.